The Balaban J connectivity index is 1.90. The molecule has 2 rings (SSSR count). The molecule has 0 aliphatic heterocycles. The third-order valence-electron chi connectivity index (χ3n) is 4.77. The summed E-state index contributed by atoms with van der Waals surface area (Å²) in [5.74, 6) is -0.234. The Morgan fingerprint density at radius 1 is 1.11 bits per heavy atom. The van der Waals surface area contributed by atoms with Crippen molar-refractivity contribution in [2.24, 2.45) is 17.8 Å². The van der Waals surface area contributed by atoms with Crippen LogP contribution in [0.2, 0.25) is 0 Å². The molecule has 0 aromatic rings. The van der Waals surface area contributed by atoms with E-state index in [1.807, 2.05) is 11.8 Å². The first-order valence-electron chi connectivity index (χ1n) is 7.63. The van der Waals surface area contributed by atoms with Crippen molar-refractivity contribution >= 4 is 11.9 Å². The average molecular weight is 267 g/mol. The fraction of sp³-hybridized carbons (Fsp3) is 0.867. The molecule has 4 nitrogen and oxygen atoms in total. The van der Waals surface area contributed by atoms with Crippen molar-refractivity contribution in [2.45, 2.75) is 51.9 Å². The lowest BCUT2D eigenvalue weighted by Crippen LogP contribution is -2.42. The molecule has 1 amide bonds. The Kier molecular flexibility index (Phi) is 4.83. The van der Waals surface area contributed by atoms with Gasteiger partial charge in [0.25, 0.3) is 0 Å². The van der Waals surface area contributed by atoms with Crippen molar-refractivity contribution in [1.29, 1.82) is 0 Å². The Morgan fingerprint density at radius 2 is 1.74 bits per heavy atom. The lowest BCUT2D eigenvalue weighted by atomic mass is 9.80. The van der Waals surface area contributed by atoms with Crippen molar-refractivity contribution in [2.75, 3.05) is 13.1 Å². The first kappa shape index (κ1) is 14.4. The van der Waals surface area contributed by atoms with Gasteiger partial charge >= 0.3 is 5.97 Å². The van der Waals surface area contributed by atoms with Gasteiger partial charge in [0, 0.05) is 19.0 Å². The summed E-state index contributed by atoms with van der Waals surface area (Å²) >= 11 is 0. The highest BCUT2D eigenvalue weighted by Crippen LogP contribution is 2.32. The van der Waals surface area contributed by atoms with Gasteiger partial charge in [0.05, 0.1) is 5.92 Å². The number of nitrogens with zero attached hydrogens (tertiary/aromatic N) is 1. The largest absolute Gasteiger partial charge is 0.481 e. The van der Waals surface area contributed by atoms with Crippen LogP contribution < -0.4 is 0 Å². The zero-order valence-corrected chi connectivity index (χ0v) is 11.8. The molecular formula is C15H25NO3. The third-order valence-corrected chi connectivity index (χ3v) is 4.77. The van der Waals surface area contributed by atoms with Crippen LogP contribution in [0.4, 0.5) is 0 Å². The minimum absolute atomic E-state index is 0.0603. The smallest absolute Gasteiger partial charge is 0.306 e. The zero-order chi connectivity index (χ0) is 13.8. The van der Waals surface area contributed by atoms with Gasteiger partial charge in [-0.1, -0.05) is 12.8 Å². The Labute approximate surface area is 115 Å². The van der Waals surface area contributed by atoms with Gasteiger partial charge in [-0.05, 0) is 44.9 Å². The predicted molar refractivity (Wildman–Crippen MR) is 72.7 cm³/mol. The first-order valence-corrected chi connectivity index (χ1v) is 7.63. The molecule has 108 valence electrons. The quantitative estimate of drug-likeness (QED) is 0.832. The molecule has 0 spiro atoms. The van der Waals surface area contributed by atoms with E-state index in [0.717, 1.165) is 32.4 Å². The van der Waals surface area contributed by atoms with Gasteiger partial charge in [-0.25, -0.2) is 0 Å². The summed E-state index contributed by atoms with van der Waals surface area (Å²) in [5.41, 5.74) is 0. The maximum Gasteiger partial charge on any atom is 0.306 e. The summed E-state index contributed by atoms with van der Waals surface area (Å²) in [4.78, 5) is 25.5. The summed E-state index contributed by atoms with van der Waals surface area (Å²) in [6, 6.07) is 0. The number of hydrogen-bond donors (Lipinski definition) is 1. The van der Waals surface area contributed by atoms with Gasteiger partial charge in [0.1, 0.15) is 0 Å². The molecule has 4 heteroatoms. The summed E-state index contributed by atoms with van der Waals surface area (Å²) < 4.78 is 0. The van der Waals surface area contributed by atoms with Crippen molar-refractivity contribution in [3.63, 3.8) is 0 Å². The molecule has 2 unspecified atom stereocenters. The second kappa shape index (κ2) is 6.40. The average Bonchev–Trinajstić information content (AvgIpc) is 2.37. The first-order chi connectivity index (χ1) is 9.11. The van der Waals surface area contributed by atoms with E-state index in [4.69, 9.17) is 5.11 Å². The molecule has 1 N–H and O–H groups in total. The van der Waals surface area contributed by atoms with Gasteiger partial charge < -0.3 is 10.0 Å². The van der Waals surface area contributed by atoms with E-state index in [1.165, 1.54) is 19.3 Å². The van der Waals surface area contributed by atoms with Crippen molar-refractivity contribution < 1.29 is 14.7 Å². The zero-order valence-electron chi connectivity index (χ0n) is 11.8. The Morgan fingerprint density at radius 3 is 2.26 bits per heavy atom. The highest BCUT2D eigenvalue weighted by molar-refractivity contribution is 5.80. The Bertz CT molecular complexity index is 338. The molecule has 0 radical (unpaired) electrons. The fourth-order valence-electron chi connectivity index (χ4n) is 3.26. The maximum atomic E-state index is 12.5. The van der Waals surface area contributed by atoms with Crippen LogP contribution in [0.3, 0.4) is 0 Å². The molecule has 0 aromatic heterocycles. The van der Waals surface area contributed by atoms with E-state index >= 15 is 0 Å². The third kappa shape index (κ3) is 3.48. The predicted octanol–water partition coefficient (Wildman–Crippen LogP) is 2.53. The van der Waals surface area contributed by atoms with Crippen molar-refractivity contribution in [3.8, 4) is 0 Å². The fourth-order valence-corrected chi connectivity index (χ4v) is 3.26. The van der Waals surface area contributed by atoms with Crippen LogP contribution in [0, 0.1) is 17.8 Å². The topological polar surface area (TPSA) is 57.6 Å². The number of carboxylic acids is 1. The van der Waals surface area contributed by atoms with Gasteiger partial charge in [-0.3, -0.25) is 9.59 Å². The minimum Gasteiger partial charge on any atom is -0.481 e. The normalized spacial score (nSPS) is 27.6. The molecule has 0 heterocycles. The molecule has 19 heavy (non-hydrogen) atoms. The summed E-state index contributed by atoms with van der Waals surface area (Å²) in [6.45, 7) is 3.65. The molecule has 0 bridgehead atoms. The molecule has 2 atom stereocenters. The van der Waals surface area contributed by atoms with E-state index in [9.17, 15) is 9.59 Å². The number of hydrogen-bond acceptors (Lipinski definition) is 2. The van der Waals surface area contributed by atoms with Gasteiger partial charge in [-0.2, -0.15) is 0 Å². The molecular weight excluding hydrogens is 242 g/mol. The Hall–Kier alpha value is -1.06. The van der Waals surface area contributed by atoms with Crippen LogP contribution in [0.1, 0.15) is 51.9 Å². The number of carbonyl (C=O) groups is 2. The number of carboxylic acid groups (broad SMARTS) is 1. The van der Waals surface area contributed by atoms with Crippen LogP contribution in [0.5, 0.6) is 0 Å². The highest BCUT2D eigenvalue weighted by atomic mass is 16.4. The maximum absolute atomic E-state index is 12.5. The second-order valence-corrected chi connectivity index (χ2v) is 6.07. The van der Waals surface area contributed by atoms with Gasteiger partial charge in [0.15, 0.2) is 0 Å². The summed E-state index contributed by atoms with van der Waals surface area (Å²) in [5, 5.41) is 9.10. The molecule has 2 saturated carbocycles. The SMILES string of the molecule is CCN(CC1CCC1)C(=O)C1CCCC(C(=O)O)C1. The van der Waals surface area contributed by atoms with Crippen LogP contribution in [-0.2, 0) is 9.59 Å². The standard InChI is InChI=1S/C15H25NO3/c1-2-16(10-11-5-3-6-11)14(17)12-7-4-8-13(9-12)15(18)19/h11-13H,2-10H2,1H3,(H,18,19). The van der Waals surface area contributed by atoms with Crippen molar-refractivity contribution in [3.05, 3.63) is 0 Å². The monoisotopic (exact) mass is 267 g/mol. The van der Waals surface area contributed by atoms with E-state index in [1.54, 1.807) is 0 Å². The van der Waals surface area contributed by atoms with Crippen LogP contribution in [-0.4, -0.2) is 35.0 Å². The van der Waals surface area contributed by atoms with E-state index in [0.29, 0.717) is 12.3 Å². The summed E-state index contributed by atoms with van der Waals surface area (Å²) in [6.07, 6.45) is 6.78. The van der Waals surface area contributed by atoms with Crippen molar-refractivity contribution in [1.82, 2.24) is 4.90 Å². The number of rotatable bonds is 5. The minimum atomic E-state index is -0.737. The lowest BCUT2D eigenvalue weighted by Gasteiger charge is -2.35. The number of carbonyl (C=O) groups excluding carboxylic acids is 1. The summed E-state index contributed by atoms with van der Waals surface area (Å²) in [7, 11) is 0. The lowest BCUT2D eigenvalue weighted by molar-refractivity contribution is -0.145. The van der Waals surface area contributed by atoms with Gasteiger partial charge in [0.2, 0.25) is 5.91 Å². The molecule has 0 aromatic carbocycles. The van der Waals surface area contributed by atoms with Crippen LogP contribution in [0.25, 0.3) is 0 Å². The second-order valence-electron chi connectivity index (χ2n) is 6.07. The number of aliphatic carboxylic acids is 1. The highest BCUT2D eigenvalue weighted by Gasteiger charge is 2.33. The molecule has 0 saturated heterocycles. The van der Waals surface area contributed by atoms with E-state index < -0.39 is 5.97 Å². The molecule has 2 fully saturated rings. The van der Waals surface area contributed by atoms with Gasteiger partial charge in [-0.15, -0.1) is 0 Å². The molecule has 2 aliphatic carbocycles. The number of amides is 1. The molecule has 2 aliphatic rings. The van der Waals surface area contributed by atoms with Crippen LogP contribution >= 0.6 is 0 Å². The van der Waals surface area contributed by atoms with E-state index in [-0.39, 0.29) is 17.7 Å². The van der Waals surface area contributed by atoms with E-state index in [2.05, 4.69) is 0 Å². The van der Waals surface area contributed by atoms with Crippen LogP contribution in [0.15, 0.2) is 0 Å².